The zero-order valence-electron chi connectivity index (χ0n) is 12.2. The molecule has 0 bridgehead atoms. The van der Waals surface area contributed by atoms with Crippen molar-refractivity contribution in [3.63, 3.8) is 0 Å². The van der Waals surface area contributed by atoms with Gasteiger partial charge in [-0.15, -0.1) is 0 Å². The van der Waals surface area contributed by atoms with Crippen molar-refractivity contribution in [3.8, 4) is 0 Å². The Morgan fingerprint density at radius 2 is 2.09 bits per heavy atom. The fraction of sp³-hybridized carbons (Fsp3) is 0.333. The van der Waals surface area contributed by atoms with Gasteiger partial charge in [0.1, 0.15) is 11.9 Å². The second-order valence-electron chi connectivity index (χ2n) is 4.99. The third-order valence-electron chi connectivity index (χ3n) is 3.44. The van der Waals surface area contributed by atoms with Crippen LogP contribution in [-0.4, -0.2) is 29.1 Å². The highest BCUT2D eigenvalue weighted by Gasteiger charge is 2.34. The van der Waals surface area contributed by atoms with Crippen LogP contribution in [-0.2, 0) is 22.1 Å². The van der Waals surface area contributed by atoms with E-state index < -0.39 is 17.8 Å². The number of carbonyl (C=O) groups excluding carboxylic acids is 1. The average molecular weight is 392 g/mol. The number of aliphatic hydroxyl groups is 1. The molecule has 1 heterocycles. The minimum atomic E-state index is -4.53. The summed E-state index contributed by atoms with van der Waals surface area (Å²) in [7, 11) is 1.33. The number of rotatable bonds is 3. The lowest BCUT2D eigenvalue weighted by atomic mass is 9.91. The van der Waals surface area contributed by atoms with Gasteiger partial charge in [0.05, 0.1) is 12.7 Å². The van der Waals surface area contributed by atoms with Gasteiger partial charge in [-0.05, 0) is 35.0 Å². The highest BCUT2D eigenvalue weighted by molar-refractivity contribution is 9.10. The van der Waals surface area contributed by atoms with Gasteiger partial charge in [0.15, 0.2) is 5.78 Å². The molecule has 0 radical (unpaired) electrons. The topological polar surface area (TPSA) is 59.4 Å². The smallest absolute Gasteiger partial charge is 0.417 e. The predicted molar refractivity (Wildman–Crippen MR) is 79.4 cm³/mol. The summed E-state index contributed by atoms with van der Waals surface area (Å²) in [5.41, 5.74) is -0.373. The normalized spacial score (nSPS) is 19.0. The molecule has 2 rings (SSSR count). The Bertz CT molecular complexity index is 710. The second-order valence-corrected chi connectivity index (χ2v) is 5.84. The third-order valence-corrected chi connectivity index (χ3v) is 4.07. The molecular weight excluding hydrogens is 379 g/mol. The number of hydrogen-bond donors (Lipinski definition) is 1. The maximum Gasteiger partial charge on any atom is 0.417 e. The molecule has 1 aliphatic rings. The van der Waals surface area contributed by atoms with Gasteiger partial charge in [-0.2, -0.15) is 13.2 Å². The zero-order valence-corrected chi connectivity index (χ0v) is 13.8. The molecule has 0 saturated carbocycles. The minimum absolute atomic E-state index is 0.0843. The highest BCUT2D eigenvalue weighted by Crippen LogP contribution is 2.35. The molecule has 4 nitrogen and oxygen atoms in total. The van der Waals surface area contributed by atoms with Crippen LogP contribution in [0, 0.1) is 0 Å². The fourth-order valence-electron chi connectivity index (χ4n) is 2.32. The molecule has 23 heavy (non-hydrogen) atoms. The maximum atomic E-state index is 12.9. The van der Waals surface area contributed by atoms with Crippen LogP contribution < -0.4 is 0 Å². The number of carbonyl (C=O) groups is 1. The fourth-order valence-corrected chi connectivity index (χ4v) is 2.76. The Hall–Kier alpha value is -1.67. The van der Waals surface area contributed by atoms with Crippen LogP contribution in [0.5, 0.6) is 0 Å². The molecule has 1 aromatic heterocycles. The summed E-state index contributed by atoms with van der Waals surface area (Å²) in [4.78, 5) is 16.1. The lowest BCUT2D eigenvalue weighted by Gasteiger charge is -2.21. The van der Waals surface area contributed by atoms with Gasteiger partial charge in [-0.3, -0.25) is 9.78 Å². The van der Waals surface area contributed by atoms with E-state index in [4.69, 9.17) is 4.74 Å². The molecule has 0 aromatic carbocycles. The number of aromatic nitrogens is 1. The second kappa shape index (κ2) is 6.45. The average Bonchev–Trinajstić information content (AvgIpc) is 2.46. The first-order chi connectivity index (χ1) is 10.6. The van der Waals surface area contributed by atoms with Gasteiger partial charge in [0.25, 0.3) is 0 Å². The van der Waals surface area contributed by atoms with E-state index in [2.05, 4.69) is 20.9 Å². The summed E-state index contributed by atoms with van der Waals surface area (Å²) >= 11 is 2.81. The first-order valence-corrected chi connectivity index (χ1v) is 7.34. The number of Topliss-reactive ketones (excluding diaryl/α,β-unsaturated/α-hetero) is 1. The van der Waals surface area contributed by atoms with E-state index in [9.17, 15) is 23.1 Å². The summed E-state index contributed by atoms with van der Waals surface area (Å²) in [6.45, 7) is 1.49. The Labute approximate surface area is 138 Å². The monoisotopic (exact) mass is 391 g/mol. The largest absolute Gasteiger partial charge is 0.498 e. The van der Waals surface area contributed by atoms with Crippen LogP contribution in [0.2, 0.25) is 0 Å². The first-order valence-electron chi connectivity index (χ1n) is 6.55. The van der Waals surface area contributed by atoms with Gasteiger partial charge in [-0.25, -0.2) is 0 Å². The number of methoxy groups -OCH3 is 1. The van der Waals surface area contributed by atoms with Crippen molar-refractivity contribution in [2.45, 2.75) is 25.6 Å². The molecule has 0 aliphatic heterocycles. The predicted octanol–water partition coefficient (Wildman–Crippen LogP) is 3.20. The number of allylic oxidation sites excluding steroid dienone is 2. The van der Waals surface area contributed by atoms with Crippen LogP contribution >= 0.6 is 15.9 Å². The molecule has 124 valence electrons. The van der Waals surface area contributed by atoms with E-state index in [1.807, 2.05) is 0 Å². The van der Waals surface area contributed by atoms with Crippen molar-refractivity contribution in [2.24, 2.45) is 0 Å². The van der Waals surface area contributed by atoms with Gasteiger partial charge in [-0.1, -0.05) is 0 Å². The van der Waals surface area contributed by atoms with Gasteiger partial charge in [0.2, 0.25) is 0 Å². The standard InChI is InChI=1S/C15H13BrF3NO3/c1-7-13(22)8(4-12(21)14(7)23-2)3-9-5-10(15(17,18)19)11(16)6-20-9/h4-6,12,21H,3H2,1-2H3. The Morgan fingerprint density at radius 3 is 2.65 bits per heavy atom. The molecular formula is C15H13BrF3NO3. The van der Waals surface area contributed by atoms with Crippen molar-refractivity contribution in [1.29, 1.82) is 0 Å². The number of halogens is 4. The number of alkyl halides is 3. The molecule has 0 amide bonds. The van der Waals surface area contributed by atoms with Crippen LogP contribution in [0.4, 0.5) is 13.2 Å². The van der Waals surface area contributed by atoms with Gasteiger partial charge >= 0.3 is 6.18 Å². The van der Waals surface area contributed by atoms with Crippen molar-refractivity contribution < 1.29 is 27.8 Å². The highest BCUT2D eigenvalue weighted by atomic mass is 79.9. The van der Waals surface area contributed by atoms with Crippen molar-refractivity contribution >= 4 is 21.7 Å². The molecule has 1 aliphatic carbocycles. The summed E-state index contributed by atoms with van der Waals surface area (Å²) in [5, 5.41) is 9.91. The van der Waals surface area contributed by atoms with Gasteiger partial charge in [0, 0.05) is 33.9 Å². The molecule has 1 aromatic rings. The summed E-state index contributed by atoms with van der Waals surface area (Å²) < 4.78 is 43.5. The number of hydrogen-bond acceptors (Lipinski definition) is 4. The summed E-state index contributed by atoms with van der Waals surface area (Å²) in [6.07, 6.45) is -3.43. The Morgan fingerprint density at radius 1 is 1.43 bits per heavy atom. The lowest BCUT2D eigenvalue weighted by Crippen LogP contribution is -2.23. The molecule has 8 heteroatoms. The number of pyridine rings is 1. The number of ether oxygens (including phenoxy) is 1. The number of aliphatic hydroxyl groups excluding tert-OH is 1. The Kier molecular flexibility index (Phi) is 4.95. The van der Waals surface area contributed by atoms with Crippen molar-refractivity contribution in [3.05, 3.63) is 51.0 Å². The van der Waals surface area contributed by atoms with E-state index in [-0.39, 0.29) is 39.3 Å². The summed E-state index contributed by atoms with van der Waals surface area (Å²) in [6, 6.07) is 0.884. The van der Waals surface area contributed by atoms with E-state index in [0.717, 1.165) is 12.3 Å². The maximum absolute atomic E-state index is 12.9. The first kappa shape index (κ1) is 17.7. The number of nitrogens with zero attached hydrogens (tertiary/aromatic N) is 1. The van der Waals surface area contributed by atoms with Gasteiger partial charge < -0.3 is 9.84 Å². The van der Waals surface area contributed by atoms with E-state index in [1.165, 1.54) is 20.1 Å². The van der Waals surface area contributed by atoms with E-state index in [1.54, 1.807) is 0 Å². The molecule has 1 atom stereocenters. The zero-order chi connectivity index (χ0) is 17.4. The van der Waals surface area contributed by atoms with Crippen LogP contribution in [0.3, 0.4) is 0 Å². The SMILES string of the molecule is COC1=C(C)C(=O)C(Cc2cc(C(F)(F)F)c(Br)cn2)=CC1O. The van der Waals surface area contributed by atoms with Crippen LogP contribution in [0.1, 0.15) is 18.2 Å². The molecule has 1 unspecified atom stereocenters. The van der Waals surface area contributed by atoms with Crippen LogP contribution in [0.15, 0.2) is 39.7 Å². The molecule has 1 N–H and O–H groups in total. The van der Waals surface area contributed by atoms with E-state index >= 15 is 0 Å². The Balaban J connectivity index is 2.32. The van der Waals surface area contributed by atoms with Crippen molar-refractivity contribution in [1.82, 2.24) is 4.98 Å². The minimum Gasteiger partial charge on any atom is -0.498 e. The quantitative estimate of drug-likeness (QED) is 0.859. The molecule has 0 spiro atoms. The van der Waals surface area contributed by atoms with E-state index in [0.29, 0.717) is 0 Å². The molecule has 0 fully saturated rings. The number of ketones is 1. The lowest BCUT2D eigenvalue weighted by molar-refractivity contribution is -0.138. The third kappa shape index (κ3) is 3.64. The van der Waals surface area contributed by atoms with Crippen molar-refractivity contribution in [2.75, 3.05) is 7.11 Å². The van der Waals surface area contributed by atoms with Crippen LogP contribution in [0.25, 0.3) is 0 Å². The molecule has 0 saturated heterocycles. The summed E-state index contributed by atoms with van der Waals surface area (Å²) in [5.74, 6) is -0.246.